The van der Waals surface area contributed by atoms with Gasteiger partial charge >= 0.3 is 0 Å². The number of aromatic nitrogens is 1. The van der Waals surface area contributed by atoms with Crippen molar-refractivity contribution in [1.82, 2.24) is 9.88 Å². The van der Waals surface area contributed by atoms with Gasteiger partial charge < -0.3 is 16.4 Å². The maximum atomic E-state index is 11.8. The van der Waals surface area contributed by atoms with E-state index in [4.69, 9.17) is 11.5 Å². The molecule has 3 rings (SSSR count). The second-order valence-corrected chi connectivity index (χ2v) is 4.92. The number of nitrogens with zero attached hydrogens (tertiary/aromatic N) is 2. The maximum Gasteiger partial charge on any atom is 0.239 e. The van der Waals surface area contributed by atoms with Crippen molar-refractivity contribution in [2.75, 3.05) is 12.3 Å². The van der Waals surface area contributed by atoms with Gasteiger partial charge in [0.05, 0.1) is 11.6 Å². The van der Waals surface area contributed by atoms with Crippen molar-refractivity contribution in [3.05, 3.63) is 35.9 Å². The number of hydrogen-bond acceptors (Lipinski definition) is 4. The summed E-state index contributed by atoms with van der Waals surface area (Å²) in [5, 5.41) is 1.04. The molecule has 0 spiro atoms. The molecule has 5 nitrogen and oxygen atoms in total. The van der Waals surface area contributed by atoms with Gasteiger partial charge in [-0.2, -0.15) is 0 Å². The Kier molecular flexibility index (Phi) is 2.83. The Bertz CT molecular complexity index is 640. The SMILES string of the molecule is Nc1ccc2ccc(CN3CC[C@H](N)C3=O)cc2n1. The molecule has 98 valence electrons. The van der Waals surface area contributed by atoms with Crippen molar-refractivity contribution in [3.8, 4) is 0 Å². The molecule has 2 aromatic rings. The van der Waals surface area contributed by atoms with E-state index in [9.17, 15) is 4.79 Å². The predicted molar refractivity (Wildman–Crippen MR) is 74.2 cm³/mol. The van der Waals surface area contributed by atoms with Crippen LogP contribution >= 0.6 is 0 Å². The lowest BCUT2D eigenvalue weighted by molar-refractivity contribution is -0.129. The Labute approximate surface area is 111 Å². The average molecular weight is 256 g/mol. The van der Waals surface area contributed by atoms with Gasteiger partial charge in [0.15, 0.2) is 0 Å². The fourth-order valence-corrected chi connectivity index (χ4v) is 2.42. The normalized spacial score (nSPS) is 19.3. The predicted octanol–water partition coefficient (Wildman–Crippen LogP) is 0.877. The Morgan fingerprint density at radius 3 is 2.84 bits per heavy atom. The molecule has 4 N–H and O–H groups in total. The molecule has 0 radical (unpaired) electrons. The minimum Gasteiger partial charge on any atom is -0.384 e. The van der Waals surface area contributed by atoms with Crippen LogP contribution in [0.5, 0.6) is 0 Å². The highest BCUT2D eigenvalue weighted by atomic mass is 16.2. The molecule has 0 aliphatic carbocycles. The summed E-state index contributed by atoms with van der Waals surface area (Å²) in [5.41, 5.74) is 13.3. The molecule has 19 heavy (non-hydrogen) atoms. The molecule has 1 saturated heterocycles. The Hall–Kier alpha value is -2.14. The Morgan fingerprint density at radius 2 is 2.11 bits per heavy atom. The van der Waals surface area contributed by atoms with Crippen LogP contribution in [0.4, 0.5) is 5.82 Å². The van der Waals surface area contributed by atoms with Crippen LogP contribution in [0.1, 0.15) is 12.0 Å². The van der Waals surface area contributed by atoms with E-state index in [1.54, 1.807) is 11.0 Å². The fourth-order valence-electron chi connectivity index (χ4n) is 2.42. The number of nitrogens with two attached hydrogens (primary N) is 2. The Morgan fingerprint density at radius 1 is 1.32 bits per heavy atom. The number of nitrogen functional groups attached to an aromatic ring is 1. The molecule has 1 amide bonds. The van der Waals surface area contributed by atoms with Crippen molar-refractivity contribution in [3.63, 3.8) is 0 Å². The summed E-state index contributed by atoms with van der Waals surface area (Å²) in [6.07, 6.45) is 0.734. The first-order chi connectivity index (χ1) is 9.13. The van der Waals surface area contributed by atoms with Gasteiger partial charge in [0, 0.05) is 18.5 Å². The van der Waals surface area contributed by atoms with Crippen molar-refractivity contribution in [2.45, 2.75) is 19.0 Å². The summed E-state index contributed by atoms with van der Waals surface area (Å²) in [6.45, 7) is 1.31. The standard InChI is InChI=1S/C14H16N4O/c15-11-5-6-18(14(11)19)8-9-1-2-10-3-4-13(16)17-12(10)7-9/h1-4,7,11H,5-6,8,15H2,(H2,16,17)/t11-/m0/s1. The molecule has 5 heteroatoms. The first-order valence-electron chi connectivity index (χ1n) is 6.33. The zero-order chi connectivity index (χ0) is 13.4. The highest BCUT2D eigenvalue weighted by molar-refractivity contribution is 5.84. The van der Waals surface area contributed by atoms with Crippen LogP contribution in [-0.2, 0) is 11.3 Å². The number of pyridine rings is 1. The van der Waals surface area contributed by atoms with Gasteiger partial charge in [-0.25, -0.2) is 4.98 Å². The van der Waals surface area contributed by atoms with Crippen molar-refractivity contribution in [2.24, 2.45) is 5.73 Å². The molecule has 1 fully saturated rings. The lowest BCUT2D eigenvalue weighted by atomic mass is 10.1. The molecule has 1 aliphatic heterocycles. The molecular weight excluding hydrogens is 240 g/mol. The number of carbonyl (C=O) groups is 1. The third-order valence-electron chi connectivity index (χ3n) is 3.49. The number of amides is 1. The van der Waals surface area contributed by atoms with Crippen LogP contribution in [0.3, 0.4) is 0 Å². The van der Waals surface area contributed by atoms with E-state index in [0.717, 1.165) is 29.4 Å². The van der Waals surface area contributed by atoms with Crippen LogP contribution in [0.25, 0.3) is 10.9 Å². The topological polar surface area (TPSA) is 85.2 Å². The van der Waals surface area contributed by atoms with E-state index >= 15 is 0 Å². The van der Waals surface area contributed by atoms with E-state index in [-0.39, 0.29) is 11.9 Å². The van der Waals surface area contributed by atoms with Gasteiger partial charge in [0.2, 0.25) is 5.91 Å². The summed E-state index contributed by atoms with van der Waals surface area (Å²) in [6, 6.07) is 9.37. The summed E-state index contributed by atoms with van der Waals surface area (Å²) in [4.78, 5) is 17.9. The van der Waals surface area contributed by atoms with Gasteiger partial charge in [-0.15, -0.1) is 0 Å². The van der Waals surface area contributed by atoms with E-state index in [2.05, 4.69) is 4.98 Å². The fraction of sp³-hybridized carbons (Fsp3) is 0.286. The lowest BCUT2D eigenvalue weighted by Crippen LogP contribution is -2.33. The highest BCUT2D eigenvalue weighted by Gasteiger charge is 2.28. The quantitative estimate of drug-likeness (QED) is 0.835. The largest absolute Gasteiger partial charge is 0.384 e. The first-order valence-corrected chi connectivity index (χ1v) is 6.33. The number of benzene rings is 1. The average Bonchev–Trinajstić information content (AvgIpc) is 2.70. The van der Waals surface area contributed by atoms with Gasteiger partial charge in [0.1, 0.15) is 5.82 Å². The maximum absolute atomic E-state index is 11.8. The van der Waals surface area contributed by atoms with Crippen LogP contribution in [0, 0.1) is 0 Å². The number of anilines is 1. The first kappa shape index (κ1) is 11.9. The van der Waals surface area contributed by atoms with E-state index < -0.39 is 0 Å². The van der Waals surface area contributed by atoms with Crippen molar-refractivity contribution in [1.29, 1.82) is 0 Å². The van der Waals surface area contributed by atoms with Gasteiger partial charge in [-0.1, -0.05) is 12.1 Å². The third kappa shape index (κ3) is 2.24. The molecule has 1 aliphatic rings. The molecule has 0 saturated carbocycles. The highest BCUT2D eigenvalue weighted by Crippen LogP contribution is 2.19. The number of fused-ring (bicyclic) bond motifs is 1. The minimum atomic E-state index is -0.339. The molecule has 0 unspecified atom stereocenters. The molecule has 1 atom stereocenters. The smallest absolute Gasteiger partial charge is 0.239 e. The number of likely N-dealkylation sites (tertiary alicyclic amines) is 1. The van der Waals surface area contributed by atoms with Crippen LogP contribution in [0.2, 0.25) is 0 Å². The van der Waals surface area contributed by atoms with Crippen LogP contribution < -0.4 is 11.5 Å². The second kappa shape index (κ2) is 4.51. The molecule has 1 aromatic carbocycles. The summed E-state index contributed by atoms with van der Waals surface area (Å²) in [5.74, 6) is 0.532. The number of hydrogen-bond donors (Lipinski definition) is 2. The zero-order valence-electron chi connectivity index (χ0n) is 10.5. The summed E-state index contributed by atoms with van der Waals surface area (Å²) < 4.78 is 0. The minimum absolute atomic E-state index is 0.0284. The molecule has 1 aromatic heterocycles. The number of rotatable bonds is 2. The summed E-state index contributed by atoms with van der Waals surface area (Å²) >= 11 is 0. The number of carbonyl (C=O) groups excluding carboxylic acids is 1. The summed E-state index contributed by atoms with van der Waals surface area (Å²) in [7, 11) is 0. The molecule has 0 bridgehead atoms. The van der Waals surface area contributed by atoms with Crippen molar-refractivity contribution < 1.29 is 4.79 Å². The monoisotopic (exact) mass is 256 g/mol. The lowest BCUT2D eigenvalue weighted by Gasteiger charge is -2.16. The van der Waals surface area contributed by atoms with Gasteiger partial charge in [0.25, 0.3) is 0 Å². The second-order valence-electron chi connectivity index (χ2n) is 4.92. The molecular formula is C14H16N4O. The zero-order valence-corrected chi connectivity index (χ0v) is 10.5. The van der Waals surface area contributed by atoms with Gasteiger partial charge in [-0.05, 0) is 30.2 Å². The van der Waals surface area contributed by atoms with Crippen molar-refractivity contribution >= 4 is 22.6 Å². The van der Waals surface area contributed by atoms with Gasteiger partial charge in [-0.3, -0.25) is 4.79 Å². The third-order valence-corrected chi connectivity index (χ3v) is 3.49. The van der Waals surface area contributed by atoms with Crippen LogP contribution in [-0.4, -0.2) is 28.4 Å². The van der Waals surface area contributed by atoms with Crippen LogP contribution in [0.15, 0.2) is 30.3 Å². The molecule has 2 heterocycles. The van der Waals surface area contributed by atoms with E-state index in [0.29, 0.717) is 12.4 Å². The Balaban J connectivity index is 1.87. The van der Waals surface area contributed by atoms with E-state index in [1.807, 2.05) is 24.3 Å². The van der Waals surface area contributed by atoms with E-state index in [1.165, 1.54) is 0 Å².